The highest BCUT2D eigenvalue weighted by molar-refractivity contribution is 6.30. The lowest BCUT2D eigenvalue weighted by Crippen LogP contribution is -2.38. The van der Waals surface area contributed by atoms with Gasteiger partial charge in [0.2, 0.25) is 5.62 Å². The lowest BCUT2D eigenvalue weighted by Gasteiger charge is -2.17. The van der Waals surface area contributed by atoms with Crippen molar-refractivity contribution in [3.63, 3.8) is 0 Å². The third-order valence-corrected chi connectivity index (χ3v) is 7.04. The maximum absolute atomic E-state index is 13.8. The Balaban J connectivity index is 1.61. The van der Waals surface area contributed by atoms with Crippen LogP contribution in [0.15, 0.2) is 77.6 Å². The highest BCUT2D eigenvalue weighted by Crippen LogP contribution is 2.19. The molecule has 2 heterocycles. The van der Waals surface area contributed by atoms with E-state index in [-0.39, 0.29) is 11.3 Å². The van der Waals surface area contributed by atoms with E-state index in [0.29, 0.717) is 34.8 Å². The van der Waals surface area contributed by atoms with Gasteiger partial charge >= 0.3 is 5.69 Å². The summed E-state index contributed by atoms with van der Waals surface area (Å²) in [5.41, 5.74) is 3.67. The van der Waals surface area contributed by atoms with Gasteiger partial charge in [-0.1, -0.05) is 77.3 Å². The van der Waals surface area contributed by atoms with Gasteiger partial charge < -0.3 is 0 Å². The first-order chi connectivity index (χ1) is 18.2. The van der Waals surface area contributed by atoms with Gasteiger partial charge in [0.15, 0.2) is 6.17 Å². The molecule has 10 heteroatoms. The Morgan fingerprint density at radius 1 is 0.711 bits per heavy atom. The molecule has 0 spiro atoms. The monoisotopic (exact) mass is 547 g/mol. The molecule has 3 aromatic carbocycles. The molecule has 0 aliphatic rings. The highest BCUT2D eigenvalue weighted by Gasteiger charge is 2.26. The second kappa shape index (κ2) is 10.5. The maximum atomic E-state index is 13.8. The summed E-state index contributed by atoms with van der Waals surface area (Å²) in [5, 5.41) is 19.7. The molecule has 1 atom stereocenters. The lowest BCUT2D eigenvalue weighted by molar-refractivity contribution is 0.383. The van der Waals surface area contributed by atoms with Crippen molar-refractivity contribution in [2.75, 3.05) is 0 Å². The average Bonchev–Trinajstić information content (AvgIpc) is 3.33. The zero-order valence-electron chi connectivity index (χ0n) is 21.3. The molecule has 8 nitrogen and oxygen atoms in total. The fourth-order valence-electron chi connectivity index (χ4n) is 4.42. The van der Waals surface area contributed by atoms with E-state index in [1.165, 1.54) is 4.68 Å². The number of rotatable bonds is 7. The summed E-state index contributed by atoms with van der Waals surface area (Å²) < 4.78 is 6.38. The Labute approximate surface area is 229 Å². The third kappa shape index (κ3) is 5.10. The second-order valence-electron chi connectivity index (χ2n) is 9.30. The van der Waals surface area contributed by atoms with E-state index in [1.807, 2.05) is 74.5 Å². The van der Waals surface area contributed by atoms with Gasteiger partial charge in [-0.15, -0.1) is 0 Å². The second-order valence-corrected chi connectivity index (χ2v) is 10.2. The van der Waals surface area contributed by atoms with Crippen LogP contribution in [0.25, 0.3) is 0 Å². The van der Waals surface area contributed by atoms with Crippen molar-refractivity contribution in [1.29, 1.82) is 5.41 Å². The predicted octanol–water partition coefficient (Wildman–Crippen LogP) is 4.95. The Morgan fingerprint density at radius 2 is 1.18 bits per heavy atom. The summed E-state index contributed by atoms with van der Waals surface area (Å²) in [4.78, 5) is 13.8. The van der Waals surface area contributed by atoms with Gasteiger partial charge in [-0.2, -0.15) is 14.9 Å². The van der Waals surface area contributed by atoms with Gasteiger partial charge in [0.25, 0.3) is 0 Å². The van der Waals surface area contributed by atoms with Crippen LogP contribution in [0.3, 0.4) is 0 Å². The zero-order valence-corrected chi connectivity index (χ0v) is 22.8. The zero-order chi connectivity index (χ0) is 27.0. The summed E-state index contributed by atoms with van der Waals surface area (Å²) in [6, 6.07) is 22.7. The molecule has 0 amide bonds. The number of aryl methyl sites for hydroxylation is 3. The average molecular weight is 548 g/mol. The van der Waals surface area contributed by atoms with Crippen LogP contribution in [0, 0.1) is 26.2 Å². The van der Waals surface area contributed by atoms with Crippen molar-refractivity contribution in [2.45, 2.75) is 40.0 Å². The van der Waals surface area contributed by atoms with Gasteiger partial charge in [0.05, 0.1) is 13.1 Å². The van der Waals surface area contributed by atoms with Gasteiger partial charge in [0, 0.05) is 10.0 Å². The van der Waals surface area contributed by atoms with Gasteiger partial charge in [0.1, 0.15) is 11.6 Å². The molecule has 0 saturated carbocycles. The van der Waals surface area contributed by atoms with Crippen LogP contribution in [0.2, 0.25) is 10.0 Å². The molecule has 0 aliphatic heterocycles. The molecule has 1 unspecified atom stereocenters. The van der Waals surface area contributed by atoms with Crippen molar-refractivity contribution in [3.05, 3.63) is 133 Å². The van der Waals surface area contributed by atoms with Crippen molar-refractivity contribution in [3.8, 4) is 0 Å². The predicted molar refractivity (Wildman–Crippen MR) is 148 cm³/mol. The molecule has 2 aromatic heterocycles. The molecule has 0 radical (unpaired) electrons. The SMILES string of the molecule is Cc1ccc(C(n2nc(C)n(Cc3ccc(Cl)cc3)c2=N)n2nc(C)n(Cc3ccc(Cl)cc3)c2=O)cc1. The van der Waals surface area contributed by atoms with Gasteiger partial charge in [-0.25, -0.2) is 9.48 Å². The van der Waals surface area contributed by atoms with Crippen molar-refractivity contribution in [2.24, 2.45) is 0 Å². The largest absolute Gasteiger partial charge is 0.348 e. The van der Waals surface area contributed by atoms with Crippen LogP contribution < -0.4 is 11.3 Å². The molecular weight excluding hydrogens is 521 g/mol. The van der Waals surface area contributed by atoms with E-state index in [9.17, 15) is 4.79 Å². The fraction of sp³-hybridized carbons (Fsp3) is 0.214. The van der Waals surface area contributed by atoms with Crippen molar-refractivity contribution < 1.29 is 0 Å². The number of aromatic nitrogens is 6. The molecule has 1 N–H and O–H groups in total. The molecule has 0 bridgehead atoms. The lowest BCUT2D eigenvalue weighted by atomic mass is 10.1. The van der Waals surface area contributed by atoms with E-state index in [0.717, 1.165) is 22.3 Å². The number of hydrogen-bond donors (Lipinski definition) is 1. The molecule has 0 fully saturated rings. The number of benzene rings is 3. The summed E-state index contributed by atoms with van der Waals surface area (Å²) in [6.07, 6.45) is -0.745. The molecule has 38 heavy (non-hydrogen) atoms. The van der Waals surface area contributed by atoms with Crippen LogP contribution >= 0.6 is 23.2 Å². The normalized spacial score (nSPS) is 12.1. The Morgan fingerprint density at radius 3 is 1.74 bits per heavy atom. The van der Waals surface area contributed by atoms with Gasteiger partial charge in [-0.3, -0.25) is 14.5 Å². The van der Waals surface area contributed by atoms with E-state index in [4.69, 9.17) is 33.7 Å². The van der Waals surface area contributed by atoms with E-state index in [2.05, 4.69) is 5.10 Å². The smallest absolute Gasteiger partial charge is 0.293 e. The third-order valence-electron chi connectivity index (χ3n) is 6.53. The number of hydrogen-bond acceptors (Lipinski definition) is 4. The highest BCUT2D eigenvalue weighted by atomic mass is 35.5. The van der Waals surface area contributed by atoms with E-state index < -0.39 is 6.17 Å². The van der Waals surface area contributed by atoms with Crippen LogP contribution in [0.1, 0.15) is 40.1 Å². The number of nitrogens with one attached hydrogen (secondary N) is 1. The van der Waals surface area contributed by atoms with Crippen molar-refractivity contribution >= 4 is 23.2 Å². The molecular formula is C28H27Cl2N7O. The minimum Gasteiger partial charge on any atom is -0.293 e. The summed E-state index contributed by atoms with van der Waals surface area (Å²) in [5.74, 6) is 1.21. The van der Waals surface area contributed by atoms with E-state index >= 15 is 0 Å². The molecule has 5 rings (SSSR count). The minimum absolute atomic E-state index is 0.153. The summed E-state index contributed by atoms with van der Waals surface area (Å²) in [7, 11) is 0. The molecule has 194 valence electrons. The van der Waals surface area contributed by atoms with Crippen LogP contribution in [-0.2, 0) is 13.1 Å². The summed E-state index contributed by atoms with van der Waals surface area (Å²) in [6.45, 7) is 6.46. The van der Waals surface area contributed by atoms with E-state index in [1.54, 1.807) is 32.9 Å². The Hall–Kier alpha value is -3.88. The quantitative estimate of drug-likeness (QED) is 0.313. The van der Waals surface area contributed by atoms with Crippen LogP contribution in [0.5, 0.6) is 0 Å². The van der Waals surface area contributed by atoms with Crippen LogP contribution in [-0.4, -0.2) is 28.7 Å². The summed E-state index contributed by atoms with van der Waals surface area (Å²) >= 11 is 12.1. The fourth-order valence-corrected chi connectivity index (χ4v) is 4.67. The standard InChI is InChI=1S/C28H27Cl2N7O/c1-18-4-10-23(11-5-18)26(36-27(31)34(19(2)32-36)16-21-6-12-24(29)13-7-21)37-28(38)35(20(3)33-37)17-22-8-14-25(30)15-9-22/h4-15,26,31H,16-17H2,1-3H3. The molecule has 0 saturated heterocycles. The minimum atomic E-state index is -0.745. The number of nitrogens with zero attached hydrogens (tertiary/aromatic N) is 6. The first kappa shape index (κ1) is 25.8. The molecule has 5 aromatic rings. The molecule has 0 aliphatic carbocycles. The Kier molecular flexibility index (Phi) is 7.10. The van der Waals surface area contributed by atoms with Crippen LogP contribution in [0.4, 0.5) is 0 Å². The first-order valence-electron chi connectivity index (χ1n) is 12.1. The van der Waals surface area contributed by atoms with Gasteiger partial charge in [-0.05, 0) is 61.7 Å². The maximum Gasteiger partial charge on any atom is 0.348 e. The number of halogens is 2. The first-order valence-corrected chi connectivity index (χ1v) is 12.9. The Bertz CT molecular complexity index is 1590. The topological polar surface area (TPSA) is 86.4 Å². The van der Waals surface area contributed by atoms with Crippen molar-refractivity contribution in [1.82, 2.24) is 28.7 Å².